The molecule has 0 saturated carbocycles. The summed E-state index contributed by atoms with van der Waals surface area (Å²) in [4.78, 5) is 16.6. The van der Waals surface area contributed by atoms with Crippen LogP contribution in [-0.4, -0.2) is 43.7 Å². The van der Waals surface area contributed by atoms with Crippen molar-refractivity contribution in [2.45, 2.75) is 25.9 Å². The van der Waals surface area contributed by atoms with Crippen LogP contribution in [0.2, 0.25) is 0 Å². The molecule has 25 heavy (non-hydrogen) atoms. The van der Waals surface area contributed by atoms with Crippen molar-refractivity contribution in [3.05, 3.63) is 35.2 Å². The number of guanidine groups is 1. The average Bonchev–Trinajstić information content (AvgIpc) is 3.06. The van der Waals surface area contributed by atoms with Gasteiger partial charge in [-0.25, -0.2) is 0 Å². The van der Waals surface area contributed by atoms with Crippen LogP contribution < -0.4 is 16.0 Å². The van der Waals surface area contributed by atoms with Gasteiger partial charge in [-0.15, -0.1) is 11.3 Å². The van der Waals surface area contributed by atoms with Gasteiger partial charge in [-0.2, -0.15) is 0 Å². The summed E-state index contributed by atoms with van der Waals surface area (Å²) in [6.07, 6.45) is 0.709. The molecule has 0 spiro atoms. The lowest BCUT2D eigenvalue weighted by molar-refractivity contribution is -0.120. The highest BCUT2D eigenvalue weighted by molar-refractivity contribution is 7.19. The van der Waals surface area contributed by atoms with Crippen molar-refractivity contribution in [3.8, 4) is 0 Å². The molecule has 1 amide bonds. The second-order valence-corrected chi connectivity index (χ2v) is 6.80. The van der Waals surface area contributed by atoms with E-state index >= 15 is 0 Å². The fraction of sp³-hybridized carbons (Fsp3) is 0.444. The van der Waals surface area contributed by atoms with E-state index in [4.69, 9.17) is 0 Å². The number of hydrogen-bond donors (Lipinski definition) is 4. The zero-order chi connectivity index (χ0) is 18.1. The fourth-order valence-electron chi connectivity index (χ4n) is 2.33. The molecule has 136 valence electrons. The third kappa shape index (κ3) is 6.03. The first-order valence-electron chi connectivity index (χ1n) is 8.51. The van der Waals surface area contributed by atoms with Gasteiger partial charge < -0.3 is 21.1 Å². The highest BCUT2D eigenvalue weighted by Gasteiger charge is 2.12. The molecule has 0 aliphatic heterocycles. The maximum Gasteiger partial charge on any atom is 0.221 e. The summed E-state index contributed by atoms with van der Waals surface area (Å²) in [5, 5.41) is 20.5. The quantitative estimate of drug-likeness (QED) is 0.427. The summed E-state index contributed by atoms with van der Waals surface area (Å²) in [5.41, 5.74) is 0. The summed E-state index contributed by atoms with van der Waals surface area (Å²) in [6.45, 7) is 3.57. The van der Waals surface area contributed by atoms with Crippen LogP contribution in [0.4, 0.5) is 0 Å². The first-order chi connectivity index (χ1) is 12.1. The SMILES string of the molecule is CCCNC(=O)CCNC(=NC)NCC(O)c1cc2ccccc2s1. The number of aliphatic hydroxyl groups excluding tert-OH is 1. The molecule has 0 aliphatic carbocycles. The van der Waals surface area contributed by atoms with Gasteiger partial charge in [-0.3, -0.25) is 9.79 Å². The first kappa shape index (κ1) is 19.2. The summed E-state index contributed by atoms with van der Waals surface area (Å²) >= 11 is 1.59. The molecule has 2 aromatic rings. The Balaban J connectivity index is 1.77. The van der Waals surface area contributed by atoms with E-state index in [9.17, 15) is 9.90 Å². The Kier molecular flexibility index (Phi) is 7.69. The number of hydrogen-bond acceptors (Lipinski definition) is 4. The van der Waals surface area contributed by atoms with Gasteiger partial charge in [0.05, 0.1) is 0 Å². The van der Waals surface area contributed by atoms with Crippen LogP contribution >= 0.6 is 11.3 Å². The molecule has 1 aromatic carbocycles. The Morgan fingerprint density at radius 1 is 1.24 bits per heavy atom. The largest absolute Gasteiger partial charge is 0.386 e. The number of nitrogens with one attached hydrogen (secondary N) is 3. The van der Waals surface area contributed by atoms with Crippen molar-refractivity contribution in [1.82, 2.24) is 16.0 Å². The number of thiophene rings is 1. The number of aliphatic imine (C=N–C) groups is 1. The molecule has 0 aliphatic rings. The molecule has 0 saturated heterocycles. The number of carbonyl (C=O) groups excluding carboxylic acids is 1. The van der Waals surface area contributed by atoms with Gasteiger partial charge >= 0.3 is 0 Å². The minimum Gasteiger partial charge on any atom is -0.386 e. The molecule has 0 fully saturated rings. The first-order valence-corrected chi connectivity index (χ1v) is 9.33. The maximum absolute atomic E-state index is 11.6. The van der Waals surface area contributed by atoms with Crippen molar-refractivity contribution >= 4 is 33.3 Å². The Morgan fingerprint density at radius 3 is 2.76 bits per heavy atom. The summed E-state index contributed by atoms with van der Waals surface area (Å²) in [5.74, 6) is 0.596. The molecule has 4 N–H and O–H groups in total. The van der Waals surface area contributed by atoms with Gasteiger partial charge in [0.2, 0.25) is 5.91 Å². The third-order valence-electron chi connectivity index (χ3n) is 3.68. The average molecular weight is 362 g/mol. The number of fused-ring (bicyclic) bond motifs is 1. The second kappa shape index (κ2) is 10.0. The summed E-state index contributed by atoms with van der Waals surface area (Å²) in [6, 6.07) is 10.1. The lowest BCUT2D eigenvalue weighted by atomic mass is 10.2. The number of nitrogens with zero attached hydrogens (tertiary/aromatic N) is 1. The van der Waals surface area contributed by atoms with Crippen LogP contribution in [0.15, 0.2) is 35.3 Å². The van der Waals surface area contributed by atoms with Crippen molar-refractivity contribution in [3.63, 3.8) is 0 Å². The Morgan fingerprint density at radius 2 is 2.04 bits per heavy atom. The molecule has 0 bridgehead atoms. The second-order valence-electron chi connectivity index (χ2n) is 5.68. The topological polar surface area (TPSA) is 85.8 Å². The summed E-state index contributed by atoms with van der Waals surface area (Å²) in [7, 11) is 1.66. The number of benzene rings is 1. The van der Waals surface area contributed by atoms with Crippen LogP contribution in [0.5, 0.6) is 0 Å². The molecular weight excluding hydrogens is 336 g/mol. The molecule has 1 aromatic heterocycles. The van der Waals surface area contributed by atoms with Crippen molar-refractivity contribution in [2.24, 2.45) is 4.99 Å². The predicted octanol–water partition coefficient (Wildman–Crippen LogP) is 2.02. The molecule has 1 heterocycles. The van der Waals surface area contributed by atoms with Crippen LogP contribution in [0.25, 0.3) is 10.1 Å². The normalized spacial score (nSPS) is 12.8. The van der Waals surface area contributed by atoms with E-state index in [1.165, 1.54) is 0 Å². The Hall–Kier alpha value is -2.12. The number of aliphatic hydroxyl groups is 1. The van der Waals surface area contributed by atoms with Gasteiger partial charge in [0.25, 0.3) is 0 Å². The summed E-state index contributed by atoms with van der Waals surface area (Å²) < 4.78 is 1.16. The molecule has 0 radical (unpaired) electrons. The molecule has 1 atom stereocenters. The van der Waals surface area contributed by atoms with Crippen LogP contribution in [0.3, 0.4) is 0 Å². The van der Waals surface area contributed by atoms with E-state index in [2.05, 4.69) is 20.9 Å². The van der Waals surface area contributed by atoms with Crippen LogP contribution in [-0.2, 0) is 4.79 Å². The van der Waals surface area contributed by atoms with Gasteiger partial charge in [0, 0.05) is 42.7 Å². The minimum absolute atomic E-state index is 0.0233. The lowest BCUT2D eigenvalue weighted by Gasteiger charge is -2.14. The van der Waals surface area contributed by atoms with Gasteiger partial charge in [0.1, 0.15) is 6.10 Å². The van der Waals surface area contributed by atoms with E-state index in [1.807, 2.05) is 37.3 Å². The maximum atomic E-state index is 11.6. The van der Waals surface area contributed by atoms with E-state index in [0.717, 1.165) is 21.4 Å². The fourth-order valence-corrected chi connectivity index (χ4v) is 3.38. The number of rotatable bonds is 8. The van der Waals surface area contributed by atoms with E-state index in [0.29, 0.717) is 32.0 Å². The van der Waals surface area contributed by atoms with Crippen LogP contribution in [0, 0.1) is 0 Å². The van der Waals surface area contributed by atoms with Crippen molar-refractivity contribution in [2.75, 3.05) is 26.7 Å². The van der Waals surface area contributed by atoms with E-state index < -0.39 is 6.10 Å². The predicted molar refractivity (Wildman–Crippen MR) is 104 cm³/mol. The Labute approximate surface area is 152 Å². The molecular formula is C18H26N4O2S. The van der Waals surface area contributed by atoms with E-state index in [-0.39, 0.29) is 5.91 Å². The highest BCUT2D eigenvalue weighted by Crippen LogP contribution is 2.29. The monoisotopic (exact) mass is 362 g/mol. The minimum atomic E-state index is -0.608. The van der Waals surface area contributed by atoms with E-state index in [1.54, 1.807) is 18.4 Å². The van der Waals surface area contributed by atoms with Gasteiger partial charge in [0.15, 0.2) is 5.96 Å². The van der Waals surface area contributed by atoms with Gasteiger partial charge in [-0.1, -0.05) is 25.1 Å². The van der Waals surface area contributed by atoms with Gasteiger partial charge in [-0.05, 0) is 23.9 Å². The number of carbonyl (C=O) groups is 1. The zero-order valence-electron chi connectivity index (χ0n) is 14.7. The molecule has 1 unspecified atom stereocenters. The standard InChI is InChI=1S/C18H26N4O2S/c1-3-9-20-17(24)8-10-21-18(19-2)22-12-14(23)16-11-13-6-4-5-7-15(13)25-16/h4-7,11,14,23H,3,8-10,12H2,1-2H3,(H,20,24)(H2,19,21,22). The smallest absolute Gasteiger partial charge is 0.221 e. The molecule has 6 nitrogen and oxygen atoms in total. The van der Waals surface area contributed by atoms with Crippen molar-refractivity contribution in [1.29, 1.82) is 0 Å². The lowest BCUT2D eigenvalue weighted by Crippen LogP contribution is -2.40. The molecule has 2 rings (SSSR count). The van der Waals surface area contributed by atoms with Crippen LogP contribution in [0.1, 0.15) is 30.7 Å². The van der Waals surface area contributed by atoms with Crippen molar-refractivity contribution < 1.29 is 9.90 Å². The highest BCUT2D eigenvalue weighted by atomic mass is 32.1. The number of amides is 1. The third-order valence-corrected chi connectivity index (χ3v) is 4.89. The molecule has 7 heteroatoms. The Bertz CT molecular complexity index is 681. The zero-order valence-corrected chi connectivity index (χ0v) is 15.5.